The Kier molecular flexibility index (Phi) is 5.69. The van der Waals surface area contributed by atoms with Crippen LogP contribution in [0.2, 0.25) is 0 Å². The summed E-state index contributed by atoms with van der Waals surface area (Å²) in [5.74, 6) is 0.416. The molecule has 0 spiro atoms. The number of carbonyl (C=O) groups excluding carboxylic acids is 1. The van der Waals surface area contributed by atoms with Crippen LogP contribution in [0.3, 0.4) is 0 Å². The minimum atomic E-state index is -3.50. The Labute approximate surface area is 176 Å². The van der Waals surface area contributed by atoms with Gasteiger partial charge in [-0.05, 0) is 42.7 Å². The van der Waals surface area contributed by atoms with Crippen LogP contribution in [0, 0.1) is 0 Å². The average Bonchev–Trinajstić information content (AvgIpc) is 3.45. The fourth-order valence-electron chi connectivity index (χ4n) is 3.67. The molecule has 2 aromatic carbocycles. The molecule has 1 aliphatic rings. The highest BCUT2D eigenvalue weighted by atomic mass is 32.2. The first kappa shape index (κ1) is 20.3. The number of rotatable bonds is 6. The number of nitrogens with one attached hydrogen (secondary N) is 1. The summed E-state index contributed by atoms with van der Waals surface area (Å²) in [5.41, 5.74) is 1.30. The zero-order chi connectivity index (χ0) is 21.1. The lowest BCUT2D eigenvalue weighted by Crippen LogP contribution is -2.31. The summed E-state index contributed by atoms with van der Waals surface area (Å²) in [6.07, 6.45) is 5.28. The Bertz CT molecular complexity index is 1120. The van der Waals surface area contributed by atoms with Gasteiger partial charge in [0.25, 0.3) is 5.91 Å². The normalized spacial score (nSPS) is 15.8. The number of carbonyl (C=O) groups is 1. The minimum Gasteiger partial charge on any atom is -0.338 e. The second kappa shape index (κ2) is 8.41. The van der Waals surface area contributed by atoms with Gasteiger partial charge in [0.2, 0.25) is 10.0 Å². The van der Waals surface area contributed by atoms with Crippen molar-refractivity contribution in [3.63, 3.8) is 0 Å². The quantitative estimate of drug-likeness (QED) is 0.659. The second-order valence-electron chi connectivity index (χ2n) is 7.35. The fourth-order valence-corrected chi connectivity index (χ4v) is 5.19. The van der Waals surface area contributed by atoms with Crippen molar-refractivity contribution >= 4 is 15.9 Å². The summed E-state index contributed by atoms with van der Waals surface area (Å²) >= 11 is 0. The summed E-state index contributed by atoms with van der Waals surface area (Å²) in [6.45, 7) is 1.10. The molecule has 0 aliphatic carbocycles. The smallest absolute Gasteiger partial charge is 0.252 e. The zero-order valence-corrected chi connectivity index (χ0v) is 17.5. The average molecular weight is 425 g/mol. The van der Waals surface area contributed by atoms with Crippen molar-refractivity contribution in [2.24, 2.45) is 7.05 Å². The van der Waals surface area contributed by atoms with Crippen LogP contribution >= 0.6 is 0 Å². The predicted octanol–water partition coefficient (Wildman–Crippen LogP) is 2.72. The minimum absolute atomic E-state index is 0.213. The molecule has 0 saturated carbocycles. The number of nitrogens with zero attached hydrogens (tertiary/aromatic N) is 3. The van der Waals surface area contributed by atoms with Crippen LogP contribution in [-0.4, -0.2) is 41.3 Å². The van der Waals surface area contributed by atoms with Gasteiger partial charge in [-0.25, -0.2) is 13.4 Å². The largest absolute Gasteiger partial charge is 0.338 e. The SMILES string of the molecule is Cn1ccnc1C(NC(=O)c1ccc(S(=O)(=O)N2CCCC2)cc1)c1ccccc1. The van der Waals surface area contributed by atoms with Crippen molar-refractivity contribution in [3.8, 4) is 0 Å². The molecule has 2 heterocycles. The van der Waals surface area contributed by atoms with Crippen molar-refractivity contribution in [2.45, 2.75) is 23.8 Å². The van der Waals surface area contributed by atoms with Crippen LogP contribution in [0.4, 0.5) is 0 Å². The highest BCUT2D eigenvalue weighted by Crippen LogP contribution is 2.23. The molecule has 8 heteroatoms. The first-order valence-electron chi connectivity index (χ1n) is 9.90. The molecule has 1 N–H and O–H groups in total. The third kappa shape index (κ3) is 4.01. The van der Waals surface area contributed by atoms with Gasteiger partial charge < -0.3 is 9.88 Å². The highest BCUT2D eigenvalue weighted by Gasteiger charge is 2.27. The molecule has 4 rings (SSSR count). The van der Waals surface area contributed by atoms with Crippen molar-refractivity contribution in [3.05, 3.63) is 83.9 Å². The highest BCUT2D eigenvalue weighted by molar-refractivity contribution is 7.89. The van der Waals surface area contributed by atoms with Crippen molar-refractivity contribution < 1.29 is 13.2 Å². The molecule has 1 aromatic heterocycles. The summed E-state index contributed by atoms with van der Waals surface area (Å²) < 4.78 is 28.7. The van der Waals surface area contributed by atoms with Gasteiger partial charge in [-0.3, -0.25) is 4.79 Å². The van der Waals surface area contributed by atoms with E-state index >= 15 is 0 Å². The number of imidazole rings is 1. The molecule has 1 amide bonds. The number of benzene rings is 2. The molecule has 1 unspecified atom stereocenters. The molecule has 1 atom stereocenters. The Morgan fingerprint density at radius 2 is 1.70 bits per heavy atom. The molecule has 1 saturated heterocycles. The fraction of sp³-hybridized carbons (Fsp3) is 0.273. The molecule has 0 radical (unpaired) electrons. The van der Waals surface area contributed by atoms with Gasteiger partial charge in [-0.1, -0.05) is 30.3 Å². The molecule has 30 heavy (non-hydrogen) atoms. The molecule has 156 valence electrons. The van der Waals surface area contributed by atoms with Crippen LogP contribution in [0.15, 0.2) is 71.9 Å². The van der Waals surface area contributed by atoms with Crippen LogP contribution in [0.5, 0.6) is 0 Å². The molecule has 1 fully saturated rings. The van der Waals surface area contributed by atoms with Gasteiger partial charge in [-0.15, -0.1) is 0 Å². The maximum absolute atomic E-state index is 12.9. The van der Waals surface area contributed by atoms with Gasteiger partial charge in [0, 0.05) is 38.1 Å². The Balaban J connectivity index is 1.57. The van der Waals surface area contributed by atoms with E-state index in [0.29, 0.717) is 24.5 Å². The molecule has 0 bridgehead atoms. The van der Waals surface area contributed by atoms with Crippen LogP contribution < -0.4 is 5.32 Å². The van der Waals surface area contributed by atoms with E-state index in [9.17, 15) is 13.2 Å². The lowest BCUT2D eigenvalue weighted by molar-refractivity contribution is 0.0941. The van der Waals surface area contributed by atoms with E-state index in [2.05, 4.69) is 10.3 Å². The number of aromatic nitrogens is 2. The number of sulfonamides is 1. The van der Waals surface area contributed by atoms with E-state index in [-0.39, 0.29) is 10.8 Å². The van der Waals surface area contributed by atoms with E-state index in [4.69, 9.17) is 0 Å². The first-order valence-corrected chi connectivity index (χ1v) is 11.3. The summed E-state index contributed by atoms with van der Waals surface area (Å²) in [4.78, 5) is 17.5. The standard InChI is InChI=1S/C22H24N4O3S/c1-25-16-13-23-21(25)20(17-7-3-2-4-8-17)24-22(27)18-9-11-19(12-10-18)30(28,29)26-14-5-6-15-26/h2-4,7-13,16,20H,5-6,14-15H2,1H3,(H,24,27). The van der Waals surface area contributed by atoms with Crippen LogP contribution in [0.1, 0.15) is 40.6 Å². The number of hydrogen-bond donors (Lipinski definition) is 1. The van der Waals surface area contributed by atoms with Gasteiger partial charge in [-0.2, -0.15) is 4.31 Å². The number of amides is 1. The number of hydrogen-bond acceptors (Lipinski definition) is 4. The Hall–Kier alpha value is -2.97. The maximum atomic E-state index is 12.9. The van der Waals surface area contributed by atoms with E-state index in [0.717, 1.165) is 18.4 Å². The van der Waals surface area contributed by atoms with Gasteiger partial charge >= 0.3 is 0 Å². The molecular weight excluding hydrogens is 400 g/mol. The Morgan fingerprint density at radius 3 is 2.30 bits per heavy atom. The lowest BCUT2D eigenvalue weighted by atomic mass is 10.1. The van der Waals surface area contributed by atoms with Crippen molar-refractivity contribution in [1.82, 2.24) is 19.2 Å². The maximum Gasteiger partial charge on any atom is 0.252 e. The van der Waals surface area contributed by atoms with Gasteiger partial charge in [0.05, 0.1) is 4.90 Å². The van der Waals surface area contributed by atoms with Gasteiger partial charge in [0.1, 0.15) is 11.9 Å². The van der Waals surface area contributed by atoms with Crippen LogP contribution in [0.25, 0.3) is 0 Å². The zero-order valence-electron chi connectivity index (χ0n) is 16.7. The monoisotopic (exact) mass is 424 g/mol. The molecule has 1 aliphatic heterocycles. The number of aryl methyl sites for hydroxylation is 1. The van der Waals surface area contributed by atoms with E-state index in [1.54, 1.807) is 18.3 Å². The van der Waals surface area contributed by atoms with Gasteiger partial charge in [0.15, 0.2) is 0 Å². The summed E-state index contributed by atoms with van der Waals surface area (Å²) in [5, 5.41) is 3.02. The third-order valence-corrected chi connectivity index (χ3v) is 7.26. The van der Waals surface area contributed by atoms with Crippen molar-refractivity contribution in [2.75, 3.05) is 13.1 Å². The Morgan fingerprint density at radius 1 is 1.03 bits per heavy atom. The predicted molar refractivity (Wildman–Crippen MR) is 113 cm³/mol. The topological polar surface area (TPSA) is 84.3 Å². The van der Waals surface area contributed by atoms with E-state index < -0.39 is 16.1 Å². The summed E-state index contributed by atoms with van der Waals surface area (Å²) in [6, 6.07) is 15.3. The lowest BCUT2D eigenvalue weighted by Gasteiger charge is -2.19. The second-order valence-corrected chi connectivity index (χ2v) is 9.29. The molecule has 3 aromatic rings. The van der Waals surface area contributed by atoms with E-state index in [1.807, 2.05) is 48.1 Å². The summed E-state index contributed by atoms with van der Waals surface area (Å²) in [7, 11) is -1.62. The molecule has 7 nitrogen and oxygen atoms in total. The molecular formula is C22H24N4O3S. The van der Waals surface area contributed by atoms with Crippen LogP contribution in [-0.2, 0) is 17.1 Å². The van der Waals surface area contributed by atoms with E-state index in [1.165, 1.54) is 16.4 Å². The third-order valence-electron chi connectivity index (χ3n) is 5.34. The first-order chi connectivity index (χ1) is 14.5. The van der Waals surface area contributed by atoms with Crippen molar-refractivity contribution in [1.29, 1.82) is 0 Å².